The Morgan fingerprint density at radius 3 is 2.74 bits per heavy atom. The Hall–Kier alpha value is -2.12. The van der Waals surface area contributed by atoms with Crippen LogP contribution in [-0.2, 0) is 14.3 Å². The van der Waals surface area contributed by atoms with Crippen LogP contribution in [0.1, 0.15) is 17.3 Å². The summed E-state index contributed by atoms with van der Waals surface area (Å²) in [6, 6.07) is 8.02. The second-order valence-electron chi connectivity index (χ2n) is 5.43. The van der Waals surface area contributed by atoms with Crippen molar-refractivity contribution in [1.29, 1.82) is 0 Å². The SMILES string of the molecule is CC1=C(C(=O)OCC(=O)c2ccccc2)N2C(=O)[C@@H](N)[C@H]2SC1. The van der Waals surface area contributed by atoms with Crippen LogP contribution in [0, 0.1) is 0 Å². The lowest BCUT2D eigenvalue weighted by molar-refractivity contribution is -0.150. The van der Waals surface area contributed by atoms with E-state index in [1.165, 1.54) is 16.7 Å². The molecule has 0 aromatic heterocycles. The Bertz CT molecular complexity index is 701. The van der Waals surface area contributed by atoms with E-state index in [1.54, 1.807) is 37.3 Å². The minimum atomic E-state index is -0.655. The number of hydrogen-bond acceptors (Lipinski definition) is 6. The molecule has 2 aliphatic heterocycles. The van der Waals surface area contributed by atoms with Gasteiger partial charge in [-0.3, -0.25) is 14.5 Å². The fourth-order valence-corrected chi connectivity index (χ4v) is 3.81. The van der Waals surface area contributed by atoms with Crippen LogP contribution in [0.3, 0.4) is 0 Å². The second kappa shape index (κ2) is 6.17. The zero-order chi connectivity index (χ0) is 16.6. The molecule has 0 saturated carbocycles. The van der Waals surface area contributed by atoms with E-state index in [0.29, 0.717) is 11.3 Å². The van der Waals surface area contributed by atoms with E-state index >= 15 is 0 Å². The van der Waals surface area contributed by atoms with Gasteiger partial charge < -0.3 is 10.5 Å². The summed E-state index contributed by atoms with van der Waals surface area (Å²) in [5.74, 6) is -0.620. The van der Waals surface area contributed by atoms with Crippen molar-refractivity contribution in [3.63, 3.8) is 0 Å². The largest absolute Gasteiger partial charge is 0.453 e. The van der Waals surface area contributed by atoms with E-state index < -0.39 is 12.0 Å². The van der Waals surface area contributed by atoms with Gasteiger partial charge in [0.25, 0.3) is 0 Å². The Morgan fingerprint density at radius 2 is 2.04 bits per heavy atom. The first-order valence-corrected chi connectivity index (χ1v) is 8.21. The molecule has 0 aliphatic carbocycles. The van der Waals surface area contributed by atoms with Crippen molar-refractivity contribution in [2.75, 3.05) is 12.4 Å². The van der Waals surface area contributed by atoms with Crippen molar-refractivity contribution in [2.45, 2.75) is 18.3 Å². The van der Waals surface area contributed by atoms with Gasteiger partial charge in [0, 0.05) is 11.3 Å². The summed E-state index contributed by atoms with van der Waals surface area (Å²) in [7, 11) is 0. The van der Waals surface area contributed by atoms with Gasteiger partial charge in [-0.2, -0.15) is 0 Å². The van der Waals surface area contributed by atoms with Gasteiger partial charge in [0.15, 0.2) is 12.4 Å². The average Bonchev–Trinajstić information content (AvgIpc) is 2.59. The summed E-state index contributed by atoms with van der Waals surface area (Å²) in [6.07, 6.45) is 0. The number of esters is 1. The van der Waals surface area contributed by atoms with Gasteiger partial charge in [0.05, 0.1) is 0 Å². The molecule has 6 nitrogen and oxygen atoms in total. The molecule has 1 amide bonds. The van der Waals surface area contributed by atoms with E-state index in [2.05, 4.69) is 0 Å². The second-order valence-corrected chi connectivity index (χ2v) is 6.53. The Labute approximate surface area is 137 Å². The van der Waals surface area contributed by atoms with E-state index in [0.717, 1.165) is 5.57 Å². The number of rotatable bonds is 4. The van der Waals surface area contributed by atoms with E-state index in [9.17, 15) is 14.4 Å². The molecule has 0 bridgehead atoms. The first-order chi connectivity index (χ1) is 11.0. The normalized spacial score (nSPS) is 23.2. The molecule has 1 fully saturated rings. The molecule has 2 atom stereocenters. The van der Waals surface area contributed by atoms with E-state index in [-0.39, 0.29) is 29.4 Å². The summed E-state index contributed by atoms with van der Waals surface area (Å²) >= 11 is 1.52. The fourth-order valence-electron chi connectivity index (χ4n) is 2.57. The molecule has 2 heterocycles. The Morgan fingerprint density at radius 1 is 1.35 bits per heavy atom. The van der Waals surface area contributed by atoms with Crippen LogP contribution >= 0.6 is 11.8 Å². The molecule has 0 radical (unpaired) electrons. The number of thioether (sulfide) groups is 1. The summed E-state index contributed by atoms with van der Waals surface area (Å²) in [5, 5.41) is -0.224. The first-order valence-electron chi connectivity index (χ1n) is 7.16. The van der Waals surface area contributed by atoms with Gasteiger partial charge in [-0.15, -0.1) is 11.8 Å². The summed E-state index contributed by atoms with van der Waals surface area (Å²) in [4.78, 5) is 37.6. The molecule has 7 heteroatoms. The van der Waals surface area contributed by atoms with Crippen molar-refractivity contribution in [3.8, 4) is 0 Å². The Kier molecular flexibility index (Phi) is 4.23. The number of nitrogens with zero attached hydrogens (tertiary/aromatic N) is 1. The number of benzene rings is 1. The molecule has 23 heavy (non-hydrogen) atoms. The number of amides is 1. The number of carbonyl (C=O) groups is 3. The molecule has 1 aromatic carbocycles. The molecule has 1 saturated heterocycles. The molecule has 0 spiro atoms. The van der Waals surface area contributed by atoms with Gasteiger partial charge in [-0.25, -0.2) is 4.79 Å². The number of fused-ring (bicyclic) bond motifs is 1. The highest BCUT2D eigenvalue weighted by atomic mass is 32.2. The Balaban J connectivity index is 1.68. The zero-order valence-corrected chi connectivity index (χ0v) is 13.3. The van der Waals surface area contributed by atoms with Crippen LogP contribution < -0.4 is 5.73 Å². The number of ether oxygens (including phenoxy) is 1. The van der Waals surface area contributed by atoms with Gasteiger partial charge in [-0.1, -0.05) is 30.3 Å². The lowest BCUT2D eigenvalue weighted by atomic mass is 10.0. The third-order valence-electron chi connectivity index (χ3n) is 3.82. The number of nitrogens with two attached hydrogens (primary N) is 1. The molecule has 2 N–H and O–H groups in total. The predicted molar refractivity (Wildman–Crippen MR) is 85.5 cm³/mol. The summed E-state index contributed by atoms with van der Waals surface area (Å²) in [6.45, 7) is 1.42. The van der Waals surface area contributed by atoms with Crippen molar-refractivity contribution in [1.82, 2.24) is 4.90 Å². The number of ketones is 1. The van der Waals surface area contributed by atoms with Crippen LogP contribution in [0.25, 0.3) is 0 Å². The minimum Gasteiger partial charge on any atom is -0.453 e. The third-order valence-corrected chi connectivity index (χ3v) is 5.27. The van der Waals surface area contributed by atoms with Gasteiger partial charge in [0.2, 0.25) is 5.91 Å². The standard InChI is InChI=1S/C16H16N2O4S/c1-9-8-23-15-12(17)14(20)18(15)13(9)16(21)22-7-11(19)10-5-3-2-4-6-10/h2-6,12,15H,7-8,17H2,1H3/t12-,15-/m1/s1. The number of β-lactam (4-membered cyclic amide) rings is 1. The molecular weight excluding hydrogens is 316 g/mol. The predicted octanol–water partition coefficient (Wildman–Crippen LogP) is 0.929. The molecule has 3 rings (SSSR count). The van der Waals surface area contributed by atoms with Crippen molar-refractivity contribution in [2.24, 2.45) is 5.73 Å². The maximum atomic E-state index is 12.3. The fraction of sp³-hybridized carbons (Fsp3) is 0.312. The monoisotopic (exact) mass is 332 g/mol. The maximum Gasteiger partial charge on any atom is 0.355 e. The third kappa shape index (κ3) is 2.77. The summed E-state index contributed by atoms with van der Waals surface area (Å²) in [5.41, 5.74) is 7.20. The molecule has 0 unspecified atom stereocenters. The minimum absolute atomic E-state index is 0.223. The van der Waals surface area contributed by atoms with Crippen molar-refractivity contribution >= 4 is 29.4 Å². The highest BCUT2D eigenvalue weighted by Gasteiger charge is 2.51. The van der Waals surface area contributed by atoms with E-state index in [4.69, 9.17) is 10.5 Å². The molecule has 2 aliphatic rings. The lowest BCUT2D eigenvalue weighted by Crippen LogP contribution is -2.68. The van der Waals surface area contributed by atoms with Gasteiger partial charge >= 0.3 is 5.97 Å². The van der Waals surface area contributed by atoms with E-state index in [1.807, 2.05) is 0 Å². The average molecular weight is 332 g/mol. The van der Waals surface area contributed by atoms with Crippen LogP contribution in [0.5, 0.6) is 0 Å². The molecule has 1 aromatic rings. The summed E-state index contributed by atoms with van der Waals surface area (Å²) < 4.78 is 5.11. The highest BCUT2D eigenvalue weighted by molar-refractivity contribution is 8.00. The van der Waals surface area contributed by atoms with Crippen LogP contribution in [0.4, 0.5) is 0 Å². The molecule has 120 valence electrons. The van der Waals surface area contributed by atoms with Gasteiger partial charge in [-0.05, 0) is 12.5 Å². The van der Waals surface area contributed by atoms with Crippen LogP contribution in [0.15, 0.2) is 41.6 Å². The quantitative estimate of drug-likeness (QED) is 0.501. The number of Topliss-reactive ketones (excluding diaryl/α,β-unsaturated/α-hetero) is 1. The van der Waals surface area contributed by atoms with Gasteiger partial charge in [0.1, 0.15) is 17.1 Å². The van der Waals surface area contributed by atoms with Crippen molar-refractivity contribution in [3.05, 3.63) is 47.2 Å². The van der Waals surface area contributed by atoms with Crippen LogP contribution in [0.2, 0.25) is 0 Å². The van der Waals surface area contributed by atoms with Crippen LogP contribution in [-0.4, -0.2) is 46.3 Å². The first kappa shape index (κ1) is 15.8. The molecular formula is C16H16N2O4S. The smallest absolute Gasteiger partial charge is 0.355 e. The maximum absolute atomic E-state index is 12.3. The van der Waals surface area contributed by atoms with Crippen molar-refractivity contribution < 1.29 is 19.1 Å². The lowest BCUT2D eigenvalue weighted by Gasteiger charge is -2.48. The number of carbonyl (C=O) groups excluding carboxylic acids is 3. The zero-order valence-electron chi connectivity index (χ0n) is 12.5. The highest BCUT2D eigenvalue weighted by Crippen LogP contribution is 2.39. The number of hydrogen-bond donors (Lipinski definition) is 1. The topological polar surface area (TPSA) is 89.7 Å².